The first-order valence-electron chi connectivity index (χ1n) is 5.15. The van der Waals surface area contributed by atoms with Gasteiger partial charge in [0, 0.05) is 4.57 Å². The Morgan fingerprint density at radius 2 is 1.07 bits per heavy atom. The molecular formula is C10H22O3P+. The van der Waals surface area contributed by atoms with Gasteiger partial charge in [-0.05, 0) is 25.7 Å². The lowest BCUT2D eigenvalue weighted by Gasteiger charge is -2.10. The van der Waals surface area contributed by atoms with E-state index in [1.54, 1.807) is 0 Å². The third kappa shape index (κ3) is 5.69. The van der Waals surface area contributed by atoms with Crippen LogP contribution < -0.4 is 0 Å². The van der Waals surface area contributed by atoms with E-state index in [9.17, 15) is 4.57 Å². The van der Waals surface area contributed by atoms with Crippen LogP contribution in [0.2, 0.25) is 0 Å². The number of hydrogen-bond donors (Lipinski definition) is 0. The number of rotatable bonds is 6. The molecule has 0 radical (unpaired) electrons. The molecule has 14 heavy (non-hydrogen) atoms. The van der Waals surface area contributed by atoms with Crippen molar-refractivity contribution in [3.8, 4) is 0 Å². The van der Waals surface area contributed by atoms with Gasteiger partial charge in [0.25, 0.3) is 0 Å². The summed E-state index contributed by atoms with van der Waals surface area (Å²) in [5.41, 5.74) is 0. The molecule has 0 spiro atoms. The molecule has 0 heterocycles. The molecular weight excluding hydrogens is 199 g/mol. The van der Waals surface area contributed by atoms with Crippen LogP contribution in [0.3, 0.4) is 0 Å². The second kappa shape index (κ2) is 6.49. The molecule has 0 bridgehead atoms. The smallest absolute Gasteiger partial charge is 0.116 e. The summed E-state index contributed by atoms with van der Waals surface area (Å²) in [5, 5.41) is 0. The first-order valence-corrected chi connectivity index (χ1v) is 6.25. The molecule has 0 aromatic carbocycles. The molecule has 0 saturated carbocycles. The Kier molecular flexibility index (Phi) is 6.50. The minimum atomic E-state index is -1.97. The van der Waals surface area contributed by atoms with E-state index in [0.717, 1.165) is 0 Å². The fourth-order valence-electron chi connectivity index (χ4n) is 0.540. The molecule has 0 aliphatic rings. The van der Waals surface area contributed by atoms with Gasteiger partial charge in [0.2, 0.25) is 0 Å². The van der Waals surface area contributed by atoms with Crippen molar-refractivity contribution in [2.75, 3.05) is 0 Å². The van der Waals surface area contributed by atoms with E-state index in [2.05, 4.69) is 0 Å². The van der Waals surface area contributed by atoms with E-state index in [0.29, 0.717) is 11.8 Å². The highest BCUT2D eigenvalue weighted by Crippen LogP contribution is 2.31. The van der Waals surface area contributed by atoms with Crippen molar-refractivity contribution in [2.45, 2.75) is 53.8 Å². The lowest BCUT2D eigenvalue weighted by Crippen LogP contribution is -2.15. The van der Waals surface area contributed by atoms with Gasteiger partial charge in [-0.15, -0.1) is 9.05 Å². The van der Waals surface area contributed by atoms with Gasteiger partial charge in [-0.3, -0.25) is 0 Å². The van der Waals surface area contributed by atoms with Gasteiger partial charge >= 0.3 is 8.25 Å². The van der Waals surface area contributed by atoms with Crippen LogP contribution in [-0.2, 0) is 13.6 Å². The van der Waals surface area contributed by atoms with Crippen molar-refractivity contribution in [1.82, 2.24) is 0 Å². The normalized spacial score (nSPS) is 17.3. The zero-order valence-electron chi connectivity index (χ0n) is 9.98. The maximum atomic E-state index is 11.4. The van der Waals surface area contributed by atoms with Gasteiger partial charge in [-0.25, -0.2) is 0 Å². The van der Waals surface area contributed by atoms with Crippen molar-refractivity contribution in [1.29, 1.82) is 0 Å². The molecule has 2 atom stereocenters. The van der Waals surface area contributed by atoms with Crippen LogP contribution in [0.25, 0.3) is 0 Å². The Morgan fingerprint density at radius 3 is 1.29 bits per heavy atom. The van der Waals surface area contributed by atoms with Crippen LogP contribution in [0.4, 0.5) is 0 Å². The van der Waals surface area contributed by atoms with E-state index in [-0.39, 0.29) is 12.2 Å². The quantitative estimate of drug-likeness (QED) is 0.640. The second-order valence-corrected chi connectivity index (χ2v) is 5.20. The molecule has 0 aromatic heterocycles. The van der Waals surface area contributed by atoms with E-state index in [1.807, 2.05) is 41.5 Å². The van der Waals surface area contributed by atoms with Crippen LogP contribution >= 0.6 is 8.25 Å². The third-order valence-corrected chi connectivity index (χ3v) is 3.39. The molecule has 0 aromatic rings. The van der Waals surface area contributed by atoms with Crippen molar-refractivity contribution in [2.24, 2.45) is 11.8 Å². The molecule has 2 unspecified atom stereocenters. The van der Waals surface area contributed by atoms with Gasteiger partial charge in [-0.2, -0.15) is 0 Å². The molecule has 84 valence electrons. The second-order valence-electron chi connectivity index (χ2n) is 4.33. The maximum absolute atomic E-state index is 11.4. The molecule has 0 N–H and O–H groups in total. The van der Waals surface area contributed by atoms with E-state index in [1.165, 1.54) is 0 Å². The van der Waals surface area contributed by atoms with Gasteiger partial charge in [0.15, 0.2) is 0 Å². The van der Waals surface area contributed by atoms with Crippen molar-refractivity contribution < 1.29 is 13.6 Å². The summed E-state index contributed by atoms with van der Waals surface area (Å²) in [6.45, 7) is 11.9. The van der Waals surface area contributed by atoms with Gasteiger partial charge in [-0.1, -0.05) is 27.7 Å². The van der Waals surface area contributed by atoms with Crippen molar-refractivity contribution in [3.63, 3.8) is 0 Å². The van der Waals surface area contributed by atoms with Gasteiger partial charge in [0.1, 0.15) is 12.2 Å². The highest BCUT2D eigenvalue weighted by atomic mass is 31.1. The minimum Gasteiger partial charge on any atom is -0.116 e. The predicted octanol–water partition coefficient (Wildman–Crippen LogP) is 3.77. The molecule has 4 heteroatoms. The summed E-state index contributed by atoms with van der Waals surface area (Å²) >= 11 is 0. The molecule has 0 rings (SSSR count). The molecule has 3 nitrogen and oxygen atoms in total. The predicted molar refractivity (Wildman–Crippen MR) is 58.4 cm³/mol. The van der Waals surface area contributed by atoms with E-state index in [4.69, 9.17) is 9.05 Å². The Balaban J connectivity index is 3.87. The van der Waals surface area contributed by atoms with Crippen LogP contribution in [0.15, 0.2) is 0 Å². The maximum Gasteiger partial charge on any atom is 0.697 e. The molecule has 0 amide bonds. The highest BCUT2D eigenvalue weighted by molar-refractivity contribution is 7.33. The summed E-state index contributed by atoms with van der Waals surface area (Å²) in [6.07, 6.45) is -0.0593. The Morgan fingerprint density at radius 1 is 0.786 bits per heavy atom. The topological polar surface area (TPSA) is 35.5 Å². The van der Waals surface area contributed by atoms with Gasteiger partial charge in [0.05, 0.1) is 0 Å². The fourth-order valence-corrected chi connectivity index (χ4v) is 1.62. The van der Waals surface area contributed by atoms with Crippen LogP contribution in [0.5, 0.6) is 0 Å². The first-order chi connectivity index (χ1) is 6.34. The highest BCUT2D eigenvalue weighted by Gasteiger charge is 2.30. The number of hydrogen-bond acceptors (Lipinski definition) is 3. The van der Waals surface area contributed by atoms with Crippen molar-refractivity contribution in [3.05, 3.63) is 0 Å². The zero-order valence-corrected chi connectivity index (χ0v) is 10.9. The van der Waals surface area contributed by atoms with Crippen LogP contribution in [0.1, 0.15) is 41.5 Å². The van der Waals surface area contributed by atoms with Crippen LogP contribution in [-0.4, -0.2) is 12.2 Å². The Labute approximate surface area is 88.1 Å². The summed E-state index contributed by atoms with van der Waals surface area (Å²) in [4.78, 5) is 0. The molecule has 0 saturated heterocycles. The Hall–Kier alpha value is 0.0200. The summed E-state index contributed by atoms with van der Waals surface area (Å²) < 4.78 is 21.8. The zero-order chi connectivity index (χ0) is 11.3. The largest absolute Gasteiger partial charge is 0.697 e. The van der Waals surface area contributed by atoms with Crippen molar-refractivity contribution >= 4 is 8.25 Å². The molecule has 0 fully saturated rings. The van der Waals surface area contributed by atoms with E-state index < -0.39 is 8.25 Å². The van der Waals surface area contributed by atoms with Gasteiger partial charge < -0.3 is 0 Å². The standard InChI is InChI=1S/C10H22O3P/c1-7(2)9(5)12-14(11)13-10(6)8(3)4/h7-10H,1-6H3/q+1. The van der Waals surface area contributed by atoms with Crippen LogP contribution in [0, 0.1) is 11.8 Å². The summed E-state index contributed by atoms with van der Waals surface area (Å²) in [7, 11) is -1.97. The lowest BCUT2D eigenvalue weighted by atomic mass is 10.1. The Bertz CT molecular complexity index is 162. The third-order valence-electron chi connectivity index (χ3n) is 2.38. The average molecular weight is 221 g/mol. The summed E-state index contributed by atoms with van der Waals surface area (Å²) in [5.74, 6) is 0.707. The fraction of sp³-hybridized carbons (Fsp3) is 1.00. The molecule has 0 aliphatic heterocycles. The summed E-state index contributed by atoms with van der Waals surface area (Å²) in [6, 6.07) is 0. The SMILES string of the molecule is CC(C)C(C)O[P+](=O)OC(C)C(C)C. The first kappa shape index (κ1) is 14.0. The minimum absolute atomic E-state index is 0.0297. The average Bonchev–Trinajstić information content (AvgIpc) is 2.03. The monoisotopic (exact) mass is 221 g/mol. The van der Waals surface area contributed by atoms with E-state index >= 15 is 0 Å². The molecule has 0 aliphatic carbocycles. The lowest BCUT2D eigenvalue weighted by molar-refractivity contribution is 0.103.